The lowest BCUT2D eigenvalue weighted by molar-refractivity contribution is -0.134. The molecule has 1 heterocycles. The standard InChI is InChI=1S/C8H14N4O2/c1-2-3-4-5-7(14-6-13)8-9-11-12-10-8/h6-7H,2-5H2,1H3,(H,9,10,11,12). The van der Waals surface area contributed by atoms with Gasteiger partial charge in [0.25, 0.3) is 6.47 Å². The Hall–Kier alpha value is -1.46. The number of aromatic amines is 1. The summed E-state index contributed by atoms with van der Waals surface area (Å²) in [4.78, 5) is 10.2. The third-order valence-corrected chi connectivity index (χ3v) is 1.94. The molecule has 0 amide bonds. The Kier molecular flexibility index (Phi) is 4.60. The zero-order valence-corrected chi connectivity index (χ0v) is 8.14. The average Bonchev–Trinajstić information content (AvgIpc) is 2.70. The Bertz CT molecular complexity index is 250. The molecule has 14 heavy (non-hydrogen) atoms. The van der Waals surface area contributed by atoms with Gasteiger partial charge in [0, 0.05) is 0 Å². The normalized spacial score (nSPS) is 12.4. The lowest BCUT2D eigenvalue weighted by Gasteiger charge is -2.09. The minimum absolute atomic E-state index is 0.363. The summed E-state index contributed by atoms with van der Waals surface area (Å²) < 4.78 is 4.87. The highest BCUT2D eigenvalue weighted by Crippen LogP contribution is 2.18. The van der Waals surface area contributed by atoms with Crippen molar-refractivity contribution in [3.63, 3.8) is 0 Å². The maximum atomic E-state index is 10.2. The highest BCUT2D eigenvalue weighted by Gasteiger charge is 2.16. The van der Waals surface area contributed by atoms with Crippen LogP contribution in [0.4, 0.5) is 0 Å². The van der Waals surface area contributed by atoms with Crippen LogP contribution in [0.5, 0.6) is 0 Å². The molecule has 0 saturated heterocycles. The van der Waals surface area contributed by atoms with E-state index in [0.29, 0.717) is 12.3 Å². The van der Waals surface area contributed by atoms with Crippen LogP contribution in [0, 0.1) is 0 Å². The van der Waals surface area contributed by atoms with Crippen LogP contribution in [0.1, 0.15) is 44.5 Å². The van der Waals surface area contributed by atoms with E-state index in [2.05, 4.69) is 27.5 Å². The monoisotopic (exact) mass is 198 g/mol. The van der Waals surface area contributed by atoms with Crippen LogP contribution < -0.4 is 0 Å². The zero-order valence-electron chi connectivity index (χ0n) is 8.14. The van der Waals surface area contributed by atoms with Gasteiger partial charge in [-0.1, -0.05) is 25.0 Å². The van der Waals surface area contributed by atoms with E-state index in [1.54, 1.807) is 0 Å². The summed E-state index contributed by atoms with van der Waals surface area (Å²) in [6.45, 7) is 2.54. The second-order valence-corrected chi connectivity index (χ2v) is 2.99. The Balaban J connectivity index is 2.43. The van der Waals surface area contributed by atoms with Crippen molar-refractivity contribution in [2.45, 2.75) is 38.7 Å². The summed E-state index contributed by atoms with van der Waals surface area (Å²) in [7, 11) is 0. The number of aromatic nitrogens is 4. The molecule has 0 aliphatic heterocycles. The van der Waals surface area contributed by atoms with Crippen molar-refractivity contribution in [2.75, 3.05) is 0 Å². The molecule has 6 heteroatoms. The summed E-state index contributed by atoms with van der Waals surface area (Å²) in [5.41, 5.74) is 0. The van der Waals surface area contributed by atoms with Crippen LogP contribution in [0.2, 0.25) is 0 Å². The van der Waals surface area contributed by atoms with Gasteiger partial charge in [-0.2, -0.15) is 5.21 Å². The summed E-state index contributed by atoms with van der Waals surface area (Å²) >= 11 is 0. The molecular formula is C8H14N4O2. The SMILES string of the molecule is CCCCCC(OC=O)c1nn[nH]n1. The van der Waals surface area contributed by atoms with Gasteiger partial charge in [0.05, 0.1) is 0 Å². The van der Waals surface area contributed by atoms with E-state index in [-0.39, 0.29) is 6.10 Å². The summed E-state index contributed by atoms with van der Waals surface area (Å²) in [5.74, 6) is 0.438. The molecule has 78 valence electrons. The van der Waals surface area contributed by atoms with Crippen molar-refractivity contribution >= 4 is 6.47 Å². The lowest BCUT2D eigenvalue weighted by Crippen LogP contribution is -2.05. The highest BCUT2D eigenvalue weighted by atomic mass is 16.5. The quantitative estimate of drug-likeness (QED) is 0.522. The number of carbonyl (C=O) groups excluding carboxylic acids is 1. The molecule has 0 aliphatic carbocycles. The maximum absolute atomic E-state index is 10.2. The van der Waals surface area contributed by atoms with Crippen LogP contribution in [-0.4, -0.2) is 27.1 Å². The third kappa shape index (κ3) is 3.12. The van der Waals surface area contributed by atoms with Crippen LogP contribution >= 0.6 is 0 Å². The number of tetrazole rings is 1. The molecule has 1 atom stereocenters. The van der Waals surface area contributed by atoms with Gasteiger partial charge >= 0.3 is 0 Å². The Labute approximate surface area is 82.0 Å². The maximum Gasteiger partial charge on any atom is 0.293 e. The van der Waals surface area contributed by atoms with E-state index in [4.69, 9.17) is 4.74 Å². The predicted molar refractivity (Wildman–Crippen MR) is 48.2 cm³/mol. The molecule has 1 N–H and O–H groups in total. The minimum atomic E-state index is -0.363. The molecule has 0 aliphatic rings. The fraction of sp³-hybridized carbons (Fsp3) is 0.750. The van der Waals surface area contributed by atoms with Crippen molar-refractivity contribution < 1.29 is 9.53 Å². The molecule has 1 rings (SSSR count). The number of nitrogens with zero attached hydrogens (tertiary/aromatic N) is 3. The third-order valence-electron chi connectivity index (χ3n) is 1.94. The number of H-pyrrole nitrogens is 1. The fourth-order valence-corrected chi connectivity index (χ4v) is 1.21. The Morgan fingerprint density at radius 3 is 3.00 bits per heavy atom. The van der Waals surface area contributed by atoms with E-state index in [9.17, 15) is 4.79 Å². The van der Waals surface area contributed by atoms with Crippen LogP contribution in [0.25, 0.3) is 0 Å². The van der Waals surface area contributed by atoms with Gasteiger partial charge in [0.2, 0.25) is 5.82 Å². The van der Waals surface area contributed by atoms with Gasteiger partial charge in [0.15, 0.2) is 6.10 Å². The first-order chi connectivity index (χ1) is 6.88. The van der Waals surface area contributed by atoms with Crippen LogP contribution in [0.3, 0.4) is 0 Å². The molecular weight excluding hydrogens is 184 g/mol. The molecule has 6 nitrogen and oxygen atoms in total. The number of carbonyl (C=O) groups is 1. The van der Waals surface area contributed by atoms with Gasteiger partial charge in [-0.25, -0.2) is 0 Å². The molecule has 1 aromatic heterocycles. The molecule has 0 fully saturated rings. The second-order valence-electron chi connectivity index (χ2n) is 2.99. The Morgan fingerprint density at radius 2 is 2.43 bits per heavy atom. The van der Waals surface area contributed by atoms with Gasteiger partial charge < -0.3 is 4.74 Å². The predicted octanol–water partition coefficient (Wildman–Crippen LogP) is 0.994. The fourth-order valence-electron chi connectivity index (χ4n) is 1.21. The lowest BCUT2D eigenvalue weighted by atomic mass is 10.1. The summed E-state index contributed by atoms with van der Waals surface area (Å²) in [6.07, 6.45) is 3.60. The van der Waals surface area contributed by atoms with Crippen molar-refractivity contribution in [1.82, 2.24) is 20.6 Å². The van der Waals surface area contributed by atoms with E-state index >= 15 is 0 Å². The number of unbranched alkanes of at least 4 members (excludes halogenated alkanes) is 2. The number of hydrogen-bond donors (Lipinski definition) is 1. The molecule has 0 bridgehead atoms. The van der Waals surface area contributed by atoms with E-state index in [1.807, 2.05) is 0 Å². The Morgan fingerprint density at radius 1 is 1.57 bits per heavy atom. The average molecular weight is 198 g/mol. The molecule has 0 saturated carbocycles. The van der Waals surface area contributed by atoms with E-state index in [1.165, 1.54) is 0 Å². The highest BCUT2D eigenvalue weighted by molar-refractivity contribution is 5.37. The first kappa shape index (κ1) is 10.6. The zero-order chi connectivity index (χ0) is 10.2. The molecule has 0 spiro atoms. The second kappa shape index (κ2) is 6.06. The van der Waals surface area contributed by atoms with Crippen molar-refractivity contribution in [2.24, 2.45) is 0 Å². The van der Waals surface area contributed by atoms with Gasteiger partial charge in [-0.15, -0.1) is 10.2 Å². The largest absolute Gasteiger partial charge is 0.456 e. The first-order valence-electron chi connectivity index (χ1n) is 4.71. The summed E-state index contributed by atoms with van der Waals surface area (Å²) in [6, 6.07) is 0. The van der Waals surface area contributed by atoms with Gasteiger partial charge in [-0.3, -0.25) is 4.79 Å². The van der Waals surface area contributed by atoms with E-state index < -0.39 is 0 Å². The smallest absolute Gasteiger partial charge is 0.293 e. The minimum Gasteiger partial charge on any atom is -0.456 e. The van der Waals surface area contributed by atoms with Crippen molar-refractivity contribution in [3.05, 3.63) is 5.82 Å². The summed E-state index contributed by atoms with van der Waals surface area (Å²) in [5, 5.41) is 13.3. The number of ether oxygens (including phenoxy) is 1. The first-order valence-corrected chi connectivity index (χ1v) is 4.71. The molecule has 0 aromatic carbocycles. The number of rotatable bonds is 7. The van der Waals surface area contributed by atoms with Crippen LogP contribution in [0.15, 0.2) is 0 Å². The van der Waals surface area contributed by atoms with Crippen molar-refractivity contribution in [3.8, 4) is 0 Å². The van der Waals surface area contributed by atoms with Crippen LogP contribution in [-0.2, 0) is 9.53 Å². The van der Waals surface area contributed by atoms with Gasteiger partial charge in [0.1, 0.15) is 0 Å². The molecule has 1 unspecified atom stereocenters. The number of nitrogens with one attached hydrogen (secondary N) is 1. The van der Waals surface area contributed by atoms with Gasteiger partial charge in [-0.05, 0) is 12.8 Å². The molecule has 0 radical (unpaired) electrons. The molecule has 1 aromatic rings. The topological polar surface area (TPSA) is 80.8 Å². The van der Waals surface area contributed by atoms with Crippen molar-refractivity contribution in [1.29, 1.82) is 0 Å². The van der Waals surface area contributed by atoms with E-state index in [0.717, 1.165) is 25.7 Å². The number of hydrogen-bond acceptors (Lipinski definition) is 5.